The van der Waals surface area contributed by atoms with Crippen LogP contribution in [0.1, 0.15) is 38.2 Å². The lowest BCUT2D eigenvalue weighted by atomic mass is 10.2. The highest BCUT2D eigenvalue weighted by atomic mass is 35.7. The summed E-state index contributed by atoms with van der Waals surface area (Å²) >= 11 is 0. The summed E-state index contributed by atoms with van der Waals surface area (Å²) in [5, 5.41) is 0. The van der Waals surface area contributed by atoms with Crippen molar-refractivity contribution in [1.29, 1.82) is 0 Å². The van der Waals surface area contributed by atoms with Gasteiger partial charge in [-0.3, -0.25) is 0 Å². The molecule has 1 N–H and O–H groups in total. The summed E-state index contributed by atoms with van der Waals surface area (Å²) in [6.45, 7) is 5.54. The summed E-state index contributed by atoms with van der Waals surface area (Å²) in [4.78, 5) is 0. The van der Waals surface area contributed by atoms with Gasteiger partial charge in [0.1, 0.15) is 6.54 Å². The molecule has 6 heteroatoms. The molecule has 0 aliphatic heterocycles. The van der Waals surface area contributed by atoms with Gasteiger partial charge in [-0.1, -0.05) is 19.8 Å². The topological polar surface area (TPSA) is 93.3 Å². The van der Waals surface area contributed by atoms with Crippen LogP contribution in [0.5, 0.6) is 0 Å². The molecule has 1 aromatic rings. The number of aromatic nitrogens is 1. The summed E-state index contributed by atoms with van der Waals surface area (Å²) in [6.07, 6.45) is 9.69. The van der Waals surface area contributed by atoms with Crippen molar-refractivity contribution in [2.45, 2.75) is 46.1 Å². The summed E-state index contributed by atoms with van der Waals surface area (Å²) in [6, 6.07) is 4.33. The van der Waals surface area contributed by atoms with Gasteiger partial charge in [-0.15, -0.1) is 0 Å². The van der Waals surface area contributed by atoms with Gasteiger partial charge in [0, 0.05) is 18.6 Å². The monoisotopic (exact) mass is 278 g/mol. The van der Waals surface area contributed by atoms with E-state index in [2.05, 4.69) is 42.9 Å². The van der Waals surface area contributed by atoms with E-state index >= 15 is 0 Å². The van der Waals surface area contributed by atoms with Crippen LogP contribution in [-0.2, 0) is 6.54 Å². The molecule has 1 rings (SSSR count). The lowest BCUT2D eigenvalue weighted by molar-refractivity contribution is -1.92. The van der Waals surface area contributed by atoms with E-state index in [4.69, 9.17) is 18.6 Å². The van der Waals surface area contributed by atoms with E-state index in [0.717, 1.165) is 0 Å². The van der Waals surface area contributed by atoms with Gasteiger partial charge in [0.25, 0.3) is 0 Å². The Morgan fingerprint density at radius 2 is 1.61 bits per heavy atom. The van der Waals surface area contributed by atoms with Crippen LogP contribution in [0.3, 0.4) is 0 Å². The Morgan fingerprint density at radius 3 is 2.06 bits per heavy atom. The van der Waals surface area contributed by atoms with Gasteiger partial charge in [0.2, 0.25) is 0 Å². The highest BCUT2D eigenvalue weighted by Gasteiger charge is 1.99. The van der Waals surface area contributed by atoms with E-state index < -0.39 is 10.2 Å². The summed E-state index contributed by atoms with van der Waals surface area (Å²) < 4.78 is 35.0. The maximum atomic E-state index is 8.60. The fraction of sp³-hybridized carbons (Fsp3) is 0.583. The SMILES string of the molecule is CCCCCC[n+]1ccc(C)cc1.[O-][Cl+3]([O-])([O-])O. The third kappa shape index (κ3) is 13.3. The van der Waals surface area contributed by atoms with Crippen LogP contribution in [0, 0.1) is 17.2 Å². The Kier molecular flexibility index (Phi) is 8.87. The predicted molar refractivity (Wildman–Crippen MR) is 57.7 cm³/mol. The van der Waals surface area contributed by atoms with Gasteiger partial charge in [0.15, 0.2) is 12.4 Å². The summed E-state index contributed by atoms with van der Waals surface area (Å²) in [5.74, 6) is 0. The number of hydrogen-bond donors (Lipinski definition) is 1. The van der Waals surface area contributed by atoms with Gasteiger partial charge in [-0.05, 0) is 18.9 Å². The second kappa shape index (κ2) is 9.24. The van der Waals surface area contributed by atoms with Crippen LogP contribution in [-0.4, -0.2) is 4.66 Å². The lowest BCUT2D eigenvalue weighted by Crippen LogP contribution is -2.58. The Labute approximate surface area is 110 Å². The molecular formula is C12H21ClNO4+. The minimum atomic E-state index is -4.69. The Hall–Kier alpha value is -0.720. The number of aryl methyl sites for hydroxylation is 2. The first-order valence-corrected chi connectivity index (χ1v) is 7.18. The smallest absolute Gasteiger partial charge is 0.169 e. The quantitative estimate of drug-likeness (QED) is 0.537. The molecular weight excluding hydrogens is 258 g/mol. The van der Waals surface area contributed by atoms with Crippen molar-refractivity contribution in [3.63, 3.8) is 0 Å². The molecule has 0 unspecified atom stereocenters. The van der Waals surface area contributed by atoms with E-state index in [1.54, 1.807) is 0 Å². The van der Waals surface area contributed by atoms with Crippen molar-refractivity contribution < 1.29 is 33.4 Å². The summed E-state index contributed by atoms with van der Waals surface area (Å²) in [5.41, 5.74) is 1.34. The zero-order valence-corrected chi connectivity index (χ0v) is 11.6. The van der Waals surface area contributed by atoms with Gasteiger partial charge < -0.3 is 0 Å². The number of hydrogen-bond acceptors (Lipinski definition) is 4. The third-order valence-corrected chi connectivity index (χ3v) is 2.33. The molecule has 0 aromatic carbocycles. The van der Waals surface area contributed by atoms with E-state index in [0.29, 0.717) is 0 Å². The molecule has 0 bridgehead atoms. The minimum absolute atomic E-state index is 1.17. The third-order valence-electron chi connectivity index (χ3n) is 2.33. The fourth-order valence-corrected chi connectivity index (χ4v) is 1.40. The molecule has 0 radical (unpaired) electrons. The molecule has 0 aliphatic rings. The van der Waals surface area contributed by atoms with Crippen molar-refractivity contribution in [1.82, 2.24) is 0 Å². The molecule has 0 aliphatic carbocycles. The number of nitrogens with zero attached hydrogens (tertiary/aromatic N) is 1. The zero-order chi connectivity index (χ0) is 14.0. The first kappa shape index (κ1) is 17.3. The van der Waals surface area contributed by atoms with Crippen molar-refractivity contribution in [2.24, 2.45) is 0 Å². The Bertz CT molecular complexity index is 305. The van der Waals surface area contributed by atoms with Crippen LogP contribution >= 0.6 is 0 Å². The van der Waals surface area contributed by atoms with Crippen LogP contribution in [0.25, 0.3) is 0 Å². The molecule has 104 valence electrons. The molecule has 0 spiro atoms. The molecule has 1 aromatic heterocycles. The normalized spacial score (nSPS) is 10.8. The Morgan fingerprint density at radius 1 is 1.11 bits per heavy atom. The number of unbranched alkanes of at least 4 members (excludes halogenated alkanes) is 3. The van der Waals surface area contributed by atoms with E-state index in [-0.39, 0.29) is 0 Å². The first-order valence-electron chi connectivity index (χ1n) is 5.92. The van der Waals surface area contributed by atoms with Crippen LogP contribution < -0.4 is 18.5 Å². The molecule has 5 nitrogen and oxygen atoms in total. The molecule has 0 fully saturated rings. The van der Waals surface area contributed by atoms with Crippen molar-refractivity contribution >= 4 is 0 Å². The van der Waals surface area contributed by atoms with Gasteiger partial charge in [-0.25, -0.2) is 4.57 Å². The number of rotatable bonds is 5. The highest BCUT2D eigenvalue weighted by molar-refractivity contribution is 5.03. The first-order chi connectivity index (χ1) is 8.33. The second-order valence-electron chi connectivity index (χ2n) is 4.07. The standard InChI is InChI=1S/C12H20N.ClHO4/c1-3-4-5-6-9-13-10-7-12(2)8-11-13;2-1(3,4)5/h7-8,10-11H,3-6,9H2,1-2H3;(H,2,3,4,5)/q+1;. The highest BCUT2D eigenvalue weighted by Crippen LogP contribution is 1.98. The fourth-order valence-electron chi connectivity index (χ4n) is 1.40. The van der Waals surface area contributed by atoms with E-state index in [1.165, 1.54) is 37.8 Å². The summed E-state index contributed by atoms with van der Waals surface area (Å²) in [7, 11) is -4.69. The second-order valence-corrected chi connectivity index (χ2v) is 4.86. The van der Waals surface area contributed by atoms with Gasteiger partial charge in [0.05, 0.1) is 14.9 Å². The largest absolute Gasteiger partial charge is 0.205 e. The molecule has 1 heterocycles. The van der Waals surface area contributed by atoms with E-state index in [9.17, 15) is 0 Å². The molecule has 0 amide bonds. The molecule has 18 heavy (non-hydrogen) atoms. The zero-order valence-electron chi connectivity index (χ0n) is 10.8. The van der Waals surface area contributed by atoms with Crippen LogP contribution in [0.15, 0.2) is 24.5 Å². The average Bonchev–Trinajstić information content (AvgIpc) is 2.25. The molecule has 0 atom stereocenters. The van der Waals surface area contributed by atoms with Crippen molar-refractivity contribution in [3.05, 3.63) is 30.1 Å². The number of halogens is 1. The molecule has 0 saturated carbocycles. The molecule has 0 saturated heterocycles. The predicted octanol–water partition coefficient (Wildman–Crippen LogP) is -1.26. The van der Waals surface area contributed by atoms with E-state index in [1.807, 2.05) is 0 Å². The minimum Gasteiger partial charge on any atom is -0.205 e. The Balaban J connectivity index is 0.000000494. The lowest BCUT2D eigenvalue weighted by Gasteiger charge is -2.03. The van der Waals surface area contributed by atoms with Crippen LogP contribution in [0.2, 0.25) is 0 Å². The van der Waals surface area contributed by atoms with Crippen LogP contribution in [0.4, 0.5) is 0 Å². The van der Waals surface area contributed by atoms with Gasteiger partial charge >= 0.3 is 0 Å². The van der Waals surface area contributed by atoms with Crippen molar-refractivity contribution in [2.75, 3.05) is 0 Å². The maximum absolute atomic E-state index is 8.60. The van der Waals surface area contributed by atoms with Gasteiger partial charge in [-0.2, -0.15) is 14.0 Å². The maximum Gasteiger partial charge on any atom is 0.169 e. The number of pyridine rings is 1. The van der Waals surface area contributed by atoms with Crippen molar-refractivity contribution in [3.8, 4) is 0 Å². The average molecular weight is 279 g/mol.